The summed E-state index contributed by atoms with van der Waals surface area (Å²) in [4.78, 5) is 8.45. The van der Waals surface area contributed by atoms with Gasteiger partial charge in [-0.25, -0.2) is 13.4 Å². The lowest BCUT2D eigenvalue weighted by Crippen LogP contribution is -2.05. The van der Waals surface area contributed by atoms with Gasteiger partial charge in [-0.2, -0.15) is 4.98 Å². The summed E-state index contributed by atoms with van der Waals surface area (Å²) in [7, 11) is -3.30. The number of phenolic OH excluding ortho intramolecular Hbond substituents is 1. The van der Waals surface area contributed by atoms with E-state index >= 15 is 0 Å². The minimum atomic E-state index is -3.30. The third-order valence-electron chi connectivity index (χ3n) is 3.65. The van der Waals surface area contributed by atoms with Crippen LogP contribution in [0, 0.1) is 0 Å². The highest BCUT2D eigenvalue weighted by atomic mass is 32.2. The SMILES string of the molecule is CS(=O)(=O)c1ccc(-c2nc(N)nc(N)c2-c2cccc(O)c2)cc1. The molecule has 0 aliphatic carbocycles. The summed E-state index contributed by atoms with van der Waals surface area (Å²) in [6, 6.07) is 12.8. The number of nitrogens with two attached hydrogens (primary N) is 2. The number of anilines is 2. The zero-order valence-corrected chi connectivity index (χ0v) is 14.2. The van der Waals surface area contributed by atoms with E-state index in [0.29, 0.717) is 22.4 Å². The summed E-state index contributed by atoms with van der Waals surface area (Å²) in [5.41, 5.74) is 14.0. The molecule has 25 heavy (non-hydrogen) atoms. The summed E-state index contributed by atoms with van der Waals surface area (Å²) < 4.78 is 23.2. The van der Waals surface area contributed by atoms with Crippen LogP contribution in [0.25, 0.3) is 22.4 Å². The molecule has 0 aliphatic heterocycles. The zero-order chi connectivity index (χ0) is 18.2. The van der Waals surface area contributed by atoms with Crippen LogP contribution in [0.5, 0.6) is 5.75 Å². The van der Waals surface area contributed by atoms with E-state index in [-0.39, 0.29) is 22.4 Å². The molecule has 0 saturated carbocycles. The maximum absolute atomic E-state index is 11.6. The van der Waals surface area contributed by atoms with E-state index in [4.69, 9.17) is 11.5 Å². The second kappa shape index (κ2) is 6.06. The summed E-state index contributed by atoms with van der Waals surface area (Å²) >= 11 is 0. The molecule has 0 fully saturated rings. The van der Waals surface area contributed by atoms with Gasteiger partial charge in [0.05, 0.1) is 16.2 Å². The van der Waals surface area contributed by atoms with Gasteiger partial charge in [0.2, 0.25) is 5.95 Å². The highest BCUT2D eigenvalue weighted by Gasteiger charge is 2.16. The molecule has 0 unspecified atom stereocenters. The second-order valence-corrected chi connectivity index (χ2v) is 7.55. The van der Waals surface area contributed by atoms with E-state index in [2.05, 4.69) is 9.97 Å². The monoisotopic (exact) mass is 356 g/mol. The fraction of sp³-hybridized carbons (Fsp3) is 0.0588. The lowest BCUT2D eigenvalue weighted by Gasteiger charge is -2.13. The van der Waals surface area contributed by atoms with Crippen LogP contribution < -0.4 is 11.5 Å². The quantitative estimate of drug-likeness (QED) is 0.654. The predicted molar refractivity (Wildman–Crippen MR) is 96.5 cm³/mol. The Morgan fingerprint density at radius 1 is 0.960 bits per heavy atom. The Morgan fingerprint density at radius 2 is 1.64 bits per heavy atom. The molecule has 0 atom stereocenters. The highest BCUT2D eigenvalue weighted by Crippen LogP contribution is 2.36. The van der Waals surface area contributed by atoms with Crippen molar-refractivity contribution in [2.24, 2.45) is 0 Å². The molecule has 0 radical (unpaired) electrons. The Labute approximate surface area is 144 Å². The van der Waals surface area contributed by atoms with Crippen LogP contribution in [0.1, 0.15) is 0 Å². The summed E-state index contributed by atoms with van der Waals surface area (Å²) in [5, 5.41) is 9.73. The number of phenols is 1. The van der Waals surface area contributed by atoms with E-state index in [1.807, 2.05) is 0 Å². The molecule has 7 nitrogen and oxygen atoms in total. The summed E-state index contributed by atoms with van der Waals surface area (Å²) in [5.74, 6) is 0.246. The largest absolute Gasteiger partial charge is 0.508 e. The van der Waals surface area contributed by atoms with E-state index in [9.17, 15) is 13.5 Å². The molecular weight excluding hydrogens is 340 g/mol. The van der Waals surface area contributed by atoms with Crippen LogP contribution in [0.15, 0.2) is 53.4 Å². The number of aromatic hydroxyl groups is 1. The van der Waals surface area contributed by atoms with Crippen LogP contribution in [-0.4, -0.2) is 29.7 Å². The van der Waals surface area contributed by atoms with Crippen molar-refractivity contribution in [1.82, 2.24) is 9.97 Å². The first kappa shape index (κ1) is 16.7. The van der Waals surface area contributed by atoms with Crippen molar-refractivity contribution in [3.8, 4) is 28.1 Å². The Hall–Kier alpha value is -3.13. The summed E-state index contributed by atoms with van der Waals surface area (Å²) in [6.07, 6.45) is 1.14. The van der Waals surface area contributed by atoms with E-state index in [1.54, 1.807) is 36.4 Å². The third-order valence-corrected chi connectivity index (χ3v) is 4.77. The van der Waals surface area contributed by atoms with Crippen LogP contribution in [-0.2, 0) is 9.84 Å². The lowest BCUT2D eigenvalue weighted by molar-refractivity contribution is 0.475. The van der Waals surface area contributed by atoms with Gasteiger partial charge in [-0.05, 0) is 29.8 Å². The number of benzene rings is 2. The number of nitrogens with zero attached hydrogens (tertiary/aromatic N) is 2. The number of rotatable bonds is 3. The molecule has 3 aromatic rings. The van der Waals surface area contributed by atoms with Gasteiger partial charge in [-0.1, -0.05) is 24.3 Å². The van der Waals surface area contributed by atoms with Crippen molar-refractivity contribution >= 4 is 21.6 Å². The fourth-order valence-corrected chi connectivity index (χ4v) is 3.14. The van der Waals surface area contributed by atoms with Crippen LogP contribution in [0.4, 0.5) is 11.8 Å². The topological polar surface area (TPSA) is 132 Å². The first-order chi connectivity index (χ1) is 11.8. The minimum absolute atomic E-state index is 0.00333. The molecule has 0 amide bonds. The lowest BCUT2D eigenvalue weighted by atomic mass is 9.99. The number of nitrogen functional groups attached to an aromatic ring is 2. The van der Waals surface area contributed by atoms with Gasteiger partial charge in [0.15, 0.2) is 9.84 Å². The normalized spacial score (nSPS) is 11.4. The van der Waals surface area contributed by atoms with Gasteiger partial charge >= 0.3 is 0 Å². The average molecular weight is 356 g/mol. The van der Waals surface area contributed by atoms with Gasteiger partial charge in [-0.15, -0.1) is 0 Å². The zero-order valence-electron chi connectivity index (χ0n) is 13.3. The minimum Gasteiger partial charge on any atom is -0.508 e. The van der Waals surface area contributed by atoms with Crippen molar-refractivity contribution in [2.45, 2.75) is 4.90 Å². The van der Waals surface area contributed by atoms with Crippen LogP contribution in [0.2, 0.25) is 0 Å². The van der Waals surface area contributed by atoms with E-state index in [1.165, 1.54) is 12.1 Å². The van der Waals surface area contributed by atoms with E-state index in [0.717, 1.165) is 6.26 Å². The van der Waals surface area contributed by atoms with Crippen molar-refractivity contribution in [3.05, 3.63) is 48.5 Å². The summed E-state index contributed by atoms with van der Waals surface area (Å²) in [6.45, 7) is 0. The second-order valence-electron chi connectivity index (χ2n) is 5.54. The number of aromatic nitrogens is 2. The van der Waals surface area contributed by atoms with Crippen molar-refractivity contribution in [2.75, 3.05) is 17.7 Å². The maximum Gasteiger partial charge on any atom is 0.222 e. The van der Waals surface area contributed by atoms with Crippen molar-refractivity contribution in [1.29, 1.82) is 0 Å². The molecule has 0 saturated heterocycles. The first-order valence-corrected chi connectivity index (χ1v) is 9.18. The van der Waals surface area contributed by atoms with Gasteiger partial charge in [0, 0.05) is 11.8 Å². The predicted octanol–water partition coefficient (Wildman–Crippen LogP) is 2.08. The highest BCUT2D eigenvalue weighted by molar-refractivity contribution is 7.90. The molecule has 5 N–H and O–H groups in total. The van der Waals surface area contributed by atoms with Gasteiger partial charge in [-0.3, -0.25) is 0 Å². The molecule has 0 bridgehead atoms. The molecule has 0 spiro atoms. The Bertz CT molecular complexity index is 1050. The van der Waals surface area contributed by atoms with Gasteiger partial charge in [0.25, 0.3) is 0 Å². The third kappa shape index (κ3) is 3.38. The smallest absolute Gasteiger partial charge is 0.222 e. The van der Waals surface area contributed by atoms with Gasteiger partial charge in [0.1, 0.15) is 11.6 Å². The molecule has 3 rings (SSSR count). The first-order valence-electron chi connectivity index (χ1n) is 7.28. The number of hydrogen-bond acceptors (Lipinski definition) is 7. The van der Waals surface area contributed by atoms with Crippen molar-refractivity contribution in [3.63, 3.8) is 0 Å². The number of sulfone groups is 1. The van der Waals surface area contributed by atoms with Crippen molar-refractivity contribution < 1.29 is 13.5 Å². The maximum atomic E-state index is 11.6. The fourth-order valence-electron chi connectivity index (χ4n) is 2.51. The number of hydrogen-bond donors (Lipinski definition) is 3. The standard InChI is InChI=1S/C17H16N4O3S/c1-25(23,24)13-7-5-10(6-8-13)15-14(16(18)21-17(19)20-15)11-3-2-4-12(22)9-11/h2-9,22H,1H3,(H4,18,19,20,21). The molecule has 1 heterocycles. The molecule has 1 aromatic heterocycles. The van der Waals surface area contributed by atoms with Crippen LogP contribution >= 0.6 is 0 Å². The molecule has 128 valence electrons. The van der Waals surface area contributed by atoms with E-state index < -0.39 is 9.84 Å². The molecule has 2 aromatic carbocycles. The molecular formula is C17H16N4O3S. The average Bonchev–Trinajstić information content (AvgIpc) is 2.53. The molecule has 8 heteroatoms. The Kier molecular flexibility index (Phi) is 4.05. The van der Waals surface area contributed by atoms with Gasteiger partial charge < -0.3 is 16.6 Å². The Balaban J connectivity index is 2.22. The Morgan fingerprint density at radius 3 is 2.24 bits per heavy atom. The molecule has 0 aliphatic rings. The van der Waals surface area contributed by atoms with Crippen LogP contribution in [0.3, 0.4) is 0 Å².